The molecular weight excluding hydrogens is 346 g/mol. The van der Waals surface area contributed by atoms with Gasteiger partial charge in [0.1, 0.15) is 0 Å². The van der Waals surface area contributed by atoms with Crippen molar-refractivity contribution in [3.05, 3.63) is 36.0 Å². The summed E-state index contributed by atoms with van der Waals surface area (Å²) in [6, 6.07) is 0. The summed E-state index contributed by atoms with van der Waals surface area (Å²) in [6.45, 7) is 5.57. The van der Waals surface area contributed by atoms with Crippen molar-refractivity contribution in [3.8, 4) is 0 Å². The quantitative estimate of drug-likeness (QED) is 0.366. The maximum absolute atomic E-state index is 10.5. The van der Waals surface area contributed by atoms with E-state index in [1.807, 2.05) is 6.08 Å². The third-order valence-corrected chi connectivity index (χ3v) is 6.46. The van der Waals surface area contributed by atoms with E-state index in [1.165, 1.54) is 31.3 Å². The standard InChI is InChI=1S/C25H43NO2/c1-5-6-10-19(2)15-22(27)12-13-23-24-17-20(16-21(24)18-25(23)28)11-8-7-9-14-26(3)4/h8,11-13,16,19,21-25,27-28H,5-7,9-10,14-15,17-18H2,1-4H3/b11-8+,13-12+/t19-,21-,22+,23+,24-,25+/m0/s1. The SMILES string of the molecule is CCCC[C@H](C)C[C@H](O)/C=C/[C@@H]1[C@H]2CC(/C=C/CCCN(C)C)=C[C@H]2C[C@H]1O. The molecule has 0 aromatic carbocycles. The zero-order valence-corrected chi connectivity index (χ0v) is 18.6. The van der Waals surface area contributed by atoms with E-state index in [4.69, 9.17) is 0 Å². The van der Waals surface area contributed by atoms with E-state index < -0.39 is 0 Å². The molecule has 6 atom stereocenters. The van der Waals surface area contributed by atoms with Gasteiger partial charge < -0.3 is 15.1 Å². The molecule has 0 heterocycles. The smallest absolute Gasteiger partial charge is 0.0723 e. The number of fused-ring (bicyclic) bond motifs is 1. The molecule has 2 aliphatic carbocycles. The fourth-order valence-corrected chi connectivity index (χ4v) is 4.85. The van der Waals surface area contributed by atoms with Crippen molar-refractivity contribution in [1.29, 1.82) is 0 Å². The molecule has 0 saturated heterocycles. The van der Waals surface area contributed by atoms with Crippen LogP contribution in [0.4, 0.5) is 0 Å². The minimum atomic E-state index is -0.386. The first-order valence-corrected chi connectivity index (χ1v) is 11.5. The maximum atomic E-state index is 10.5. The van der Waals surface area contributed by atoms with Gasteiger partial charge in [0.15, 0.2) is 0 Å². The highest BCUT2D eigenvalue weighted by Gasteiger charge is 2.42. The molecule has 3 nitrogen and oxygen atoms in total. The van der Waals surface area contributed by atoms with Gasteiger partial charge in [-0.1, -0.05) is 69.1 Å². The fourth-order valence-electron chi connectivity index (χ4n) is 4.85. The van der Waals surface area contributed by atoms with Crippen LogP contribution in [0.1, 0.15) is 65.2 Å². The first kappa shape index (κ1) is 23.4. The Balaban J connectivity index is 1.80. The normalized spacial score (nSPS) is 29.8. The molecule has 0 radical (unpaired) electrons. The van der Waals surface area contributed by atoms with Gasteiger partial charge in [-0.3, -0.25) is 0 Å². The number of nitrogens with zero attached hydrogens (tertiary/aromatic N) is 1. The van der Waals surface area contributed by atoms with Gasteiger partial charge in [-0.2, -0.15) is 0 Å². The molecule has 0 spiro atoms. The van der Waals surface area contributed by atoms with Crippen molar-refractivity contribution >= 4 is 0 Å². The van der Waals surface area contributed by atoms with E-state index in [1.54, 1.807) is 0 Å². The van der Waals surface area contributed by atoms with Crippen LogP contribution in [0, 0.1) is 23.7 Å². The molecule has 1 fully saturated rings. The molecule has 0 aliphatic heterocycles. The van der Waals surface area contributed by atoms with Gasteiger partial charge in [-0.15, -0.1) is 0 Å². The summed E-state index contributed by atoms with van der Waals surface area (Å²) in [5.74, 6) is 1.73. The first-order chi connectivity index (χ1) is 13.4. The van der Waals surface area contributed by atoms with Crippen molar-refractivity contribution in [3.63, 3.8) is 0 Å². The molecule has 2 aliphatic rings. The lowest BCUT2D eigenvalue weighted by molar-refractivity contribution is 0.139. The zero-order chi connectivity index (χ0) is 20.5. The highest BCUT2D eigenvalue weighted by molar-refractivity contribution is 5.28. The lowest BCUT2D eigenvalue weighted by atomic mass is 9.88. The molecule has 2 N–H and O–H groups in total. The second-order valence-electron chi connectivity index (χ2n) is 9.44. The van der Waals surface area contributed by atoms with Gasteiger partial charge in [-0.05, 0) is 70.5 Å². The van der Waals surface area contributed by atoms with Gasteiger partial charge in [0.05, 0.1) is 12.2 Å². The minimum Gasteiger partial charge on any atom is -0.392 e. The average molecular weight is 390 g/mol. The van der Waals surface area contributed by atoms with E-state index in [9.17, 15) is 10.2 Å². The lowest BCUT2D eigenvalue weighted by Gasteiger charge is -2.19. The molecule has 1 saturated carbocycles. The molecule has 0 aromatic heterocycles. The Hall–Kier alpha value is -0.900. The number of aliphatic hydroxyl groups excluding tert-OH is 2. The number of hydrogen-bond acceptors (Lipinski definition) is 3. The predicted octanol–water partition coefficient (Wildman–Crippen LogP) is 4.96. The van der Waals surface area contributed by atoms with E-state index in [0.717, 1.165) is 32.2 Å². The summed E-state index contributed by atoms with van der Waals surface area (Å²) in [5, 5.41) is 20.9. The topological polar surface area (TPSA) is 43.7 Å². The summed E-state index contributed by atoms with van der Waals surface area (Å²) >= 11 is 0. The monoisotopic (exact) mass is 389 g/mol. The molecule has 160 valence electrons. The van der Waals surface area contributed by atoms with E-state index in [-0.39, 0.29) is 18.1 Å². The van der Waals surface area contributed by atoms with Crippen LogP contribution in [-0.4, -0.2) is 48.0 Å². The van der Waals surface area contributed by atoms with Crippen molar-refractivity contribution < 1.29 is 10.2 Å². The van der Waals surface area contributed by atoms with E-state index in [0.29, 0.717) is 17.8 Å². The molecule has 3 heteroatoms. The van der Waals surface area contributed by atoms with Crippen LogP contribution in [-0.2, 0) is 0 Å². The summed E-state index contributed by atoms with van der Waals surface area (Å²) in [4.78, 5) is 2.23. The van der Waals surface area contributed by atoms with E-state index in [2.05, 4.69) is 57.1 Å². The Morgan fingerprint density at radius 1 is 1.29 bits per heavy atom. The van der Waals surface area contributed by atoms with Crippen LogP contribution in [0.5, 0.6) is 0 Å². The number of aliphatic hydroxyl groups is 2. The Bertz CT molecular complexity index is 537. The van der Waals surface area contributed by atoms with Crippen LogP contribution in [0.3, 0.4) is 0 Å². The predicted molar refractivity (Wildman–Crippen MR) is 119 cm³/mol. The lowest BCUT2D eigenvalue weighted by Crippen LogP contribution is -2.18. The van der Waals surface area contributed by atoms with Crippen LogP contribution < -0.4 is 0 Å². The molecule has 28 heavy (non-hydrogen) atoms. The number of allylic oxidation sites excluding steroid dienone is 4. The zero-order valence-electron chi connectivity index (χ0n) is 18.6. The van der Waals surface area contributed by atoms with Crippen molar-refractivity contribution in [2.24, 2.45) is 23.7 Å². The Morgan fingerprint density at radius 2 is 2.07 bits per heavy atom. The Morgan fingerprint density at radius 3 is 2.79 bits per heavy atom. The highest BCUT2D eigenvalue weighted by Crippen LogP contribution is 2.47. The second kappa shape index (κ2) is 11.9. The number of rotatable bonds is 12. The van der Waals surface area contributed by atoms with Gasteiger partial charge >= 0.3 is 0 Å². The number of hydrogen-bond donors (Lipinski definition) is 2. The summed E-state index contributed by atoms with van der Waals surface area (Å²) in [6.07, 6.45) is 19.1. The maximum Gasteiger partial charge on any atom is 0.0723 e. The van der Waals surface area contributed by atoms with Crippen LogP contribution in [0.2, 0.25) is 0 Å². The van der Waals surface area contributed by atoms with Gasteiger partial charge in [0.2, 0.25) is 0 Å². The molecule has 0 aromatic rings. The van der Waals surface area contributed by atoms with Gasteiger partial charge in [0.25, 0.3) is 0 Å². The Labute approximate surface area is 173 Å². The third kappa shape index (κ3) is 7.50. The van der Waals surface area contributed by atoms with Crippen molar-refractivity contribution in [2.45, 2.75) is 77.4 Å². The summed E-state index contributed by atoms with van der Waals surface area (Å²) in [5.41, 5.74) is 1.43. The second-order valence-corrected chi connectivity index (χ2v) is 9.44. The highest BCUT2D eigenvalue weighted by atomic mass is 16.3. The molecule has 0 unspecified atom stereocenters. The number of unbranched alkanes of at least 4 members (excludes halogenated alkanes) is 2. The largest absolute Gasteiger partial charge is 0.392 e. The molecule has 0 amide bonds. The van der Waals surface area contributed by atoms with Crippen molar-refractivity contribution in [2.75, 3.05) is 20.6 Å². The summed E-state index contributed by atoms with van der Waals surface area (Å²) < 4.78 is 0. The van der Waals surface area contributed by atoms with Gasteiger partial charge in [-0.25, -0.2) is 0 Å². The fraction of sp³-hybridized carbons (Fsp3) is 0.760. The average Bonchev–Trinajstić information content (AvgIpc) is 3.14. The molecule has 2 rings (SSSR count). The van der Waals surface area contributed by atoms with Crippen LogP contribution in [0.15, 0.2) is 36.0 Å². The third-order valence-electron chi connectivity index (χ3n) is 6.46. The first-order valence-electron chi connectivity index (χ1n) is 11.5. The minimum absolute atomic E-state index is 0.182. The molecular formula is C25H43NO2. The summed E-state index contributed by atoms with van der Waals surface area (Å²) in [7, 11) is 4.23. The van der Waals surface area contributed by atoms with E-state index >= 15 is 0 Å². The van der Waals surface area contributed by atoms with Crippen LogP contribution >= 0.6 is 0 Å². The van der Waals surface area contributed by atoms with Crippen LogP contribution in [0.25, 0.3) is 0 Å². The van der Waals surface area contributed by atoms with Gasteiger partial charge in [0, 0.05) is 5.92 Å². The van der Waals surface area contributed by atoms with Crippen molar-refractivity contribution in [1.82, 2.24) is 4.90 Å². The molecule has 0 bridgehead atoms. The Kier molecular flexibility index (Phi) is 9.98.